The Morgan fingerprint density at radius 3 is 2.60 bits per heavy atom. The Labute approximate surface area is 62.6 Å². The van der Waals surface area contributed by atoms with Crippen LogP contribution < -0.4 is 5.73 Å². The van der Waals surface area contributed by atoms with Gasteiger partial charge < -0.3 is 5.73 Å². The van der Waals surface area contributed by atoms with E-state index < -0.39 is 0 Å². The molecule has 10 heavy (non-hydrogen) atoms. The second-order valence-corrected chi connectivity index (χ2v) is 3.23. The van der Waals surface area contributed by atoms with Gasteiger partial charge in [0.2, 0.25) is 0 Å². The maximum atomic E-state index is 5.80. The maximum Gasteiger partial charge on any atom is 0.0329 e. The van der Waals surface area contributed by atoms with Gasteiger partial charge in [-0.25, -0.2) is 0 Å². The van der Waals surface area contributed by atoms with Gasteiger partial charge in [-0.15, -0.1) is 0 Å². The highest BCUT2D eigenvalue weighted by Gasteiger charge is 2.10. The van der Waals surface area contributed by atoms with Crippen LogP contribution in [0.15, 0.2) is 22.9 Å². The van der Waals surface area contributed by atoms with Crippen LogP contribution in [-0.4, -0.2) is 0 Å². The van der Waals surface area contributed by atoms with E-state index in [1.165, 1.54) is 11.1 Å². The zero-order valence-corrected chi connectivity index (χ0v) is 6.94. The molecular formula is C9H15N. The van der Waals surface area contributed by atoms with Crippen LogP contribution >= 0.6 is 0 Å². The third-order valence-electron chi connectivity index (χ3n) is 2.05. The Balaban J connectivity index is 2.90. The maximum absolute atomic E-state index is 5.80. The average molecular weight is 137 g/mol. The minimum Gasteiger partial charge on any atom is -0.399 e. The molecule has 0 bridgehead atoms. The smallest absolute Gasteiger partial charge is 0.0329 e. The molecule has 1 nitrogen and oxygen atoms in total. The monoisotopic (exact) mass is 137 g/mol. The lowest BCUT2D eigenvalue weighted by Gasteiger charge is -2.18. The largest absolute Gasteiger partial charge is 0.399 e. The average Bonchev–Trinajstić information content (AvgIpc) is 1.82. The van der Waals surface area contributed by atoms with Crippen molar-refractivity contribution in [2.75, 3.05) is 0 Å². The third kappa shape index (κ3) is 1.23. The molecule has 1 heteroatoms. The summed E-state index contributed by atoms with van der Waals surface area (Å²) in [4.78, 5) is 0. The summed E-state index contributed by atoms with van der Waals surface area (Å²) in [5, 5.41) is 0. The first-order valence-electron chi connectivity index (χ1n) is 3.75. The van der Waals surface area contributed by atoms with Crippen LogP contribution in [0.4, 0.5) is 0 Å². The Morgan fingerprint density at radius 2 is 2.10 bits per heavy atom. The van der Waals surface area contributed by atoms with Crippen molar-refractivity contribution < 1.29 is 0 Å². The standard InChI is InChI=1S/C9H15N/c1-6-4-7(2)9(10)8(3)5-6/h4,6H,5,10H2,1-3H3. The van der Waals surface area contributed by atoms with Gasteiger partial charge in [0.05, 0.1) is 0 Å². The Morgan fingerprint density at radius 1 is 1.50 bits per heavy atom. The molecule has 1 atom stereocenters. The van der Waals surface area contributed by atoms with E-state index in [-0.39, 0.29) is 0 Å². The summed E-state index contributed by atoms with van der Waals surface area (Å²) in [5.74, 6) is 0.673. The summed E-state index contributed by atoms with van der Waals surface area (Å²) in [5.41, 5.74) is 9.38. The lowest BCUT2D eigenvalue weighted by atomic mass is 9.91. The summed E-state index contributed by atoms with van der Waals surface area (Å²) in [6, 6.07) is 0. The summed E-state index contributed by atoms with van der Waals surface area (Å²) < 4.78 is 0. The van der Waals surface area contributed by atoms with Gasteiger partial charge in [-0.3, -0.25) is 0 Å². The van der Waals surface area contributed by atoms with E-state index in [2.05, 4.69) is 26.8 Å². The van der Waals surface area contributed by atoms with Gasteiger partial charge in [-0.05, 0) is 37.3 Å². The van der Waals surface area contributed by atoms with Crippen LogP contribution in [0.1, 0.15) is 27.2 Å². The van der Waals surface area contributed by atoms with Crippen molar-refractivity contribution in [3.05, 3.63) is 22.9 Å². The summed E-state index contributed by atoms with van der Waals surface area (Å²) in [6.07, 6.45) is 3.37. The highest BCUT2D eigenvalue weighted by Crippen LogP contribution is 2.24. The van der Waals surface area contributed by atoms with Crippen molar-refractivity contribution in [1.82, 2.24) is 0 Å². The summed E-state index contributed by atoms with van der Waals surface area (Å²) in [7, 11) is 0. The first-order valence-corrected chi connectivity index (χ1v) is 3.75. The Hall–Kier alpha value is -0.720. The van der Waals surface area contributed by atoms with Crippen molar-refractivity contribution in [3.63, 3.8) is 0 Å². The highest BCUT2D eigenvalue weighted by molar-refractivity contribution is 5.34. The van der Waals surface area contributed by atoms with E-state index in [9.17, 15) is 0 Å². The molecule has 0 spiro atoms. The van der Waals surface area contributed by atoms with Crippen LogP contribution in [0.25, 0.3) is 0 Å². The van der Waals surface area contributed by atoms with Gasteiger partial charge in [0.25, 0.3) is 0 Å². The Bertz CT molecular complexity index is 199. The fourth-order valence-electron chi connectivity index (χ4n) is 1.50. The van der Waals surface area contributed by atoms with E-state index in [1.807, 2.05) is 0 Å². The lowest BCUT2D eigenvalue weighted by Crippen LogP contribution is -2.10. The molecule has 1 unspecified atom stereocenters. The first kappa shape index (κ1) is 7.39. The predicted molar refractivity (Wildman–Crippen MR) is 44.4 cm³/mol. The second kappa shape index (κ2) is 2.49. The Kier molecular flexibility index (Phi) is 1.84. The van der Waals surface area contributed by atoms with Gasteiger partial charge in [0.15, 0.2) is 0 Å². The summed E-state index contributed by atoms with van der Waals surface area (Å²) in [6.45, 7) is 6.41. The zero-order chi connectivity index (χ0) is 7.72. The van der Waals surface area contributed by atoms with Crippen LogP contribution in [0.3, 0.4) is 0 Å². The molecule has 2 N–H and O–H groups in total. The molecule has 0 fully saturated rings. The van der Waals surface area contributed by atoms with Gasteiger partial charge >= 0.3 is 0 Å². The minimum atomic E-state index is 0.673. The van der Waals surface area contributed by atoms with Gasteiger partial charge in [0, 0.05) is 5.70 Å². The minimum absolute atomic E-state index is 0.673. The molecule has 0 aromatic rings. The molecule has 0 saturated heterocycles. The number of allylic oxidation sites excluding steroid dienone is 3. The van der Waals surface area contributed by atoms with Crippen LogP contribution in [0, 0.1) is 5.92 Å². The van der Waals surface area contributed by atoms with Crippen molar-refractivity contribution >= 4 is 0 Å². The zero-order valence-electron chi connectivity index (χ0n) is 6.94. The molecule has 0 heterocycles. The quantitative estimate of drug-likeness (QED) is 0.544. The van der Waals surface area contributed by atoms with Gasteiger partial charge in [0.1, 0.15) is 0 Å². The molecule has 0 aromatic heterocycles. The SMILES string of the molecule is CC1=CC(C)CC(C)=C1N. The number of nitrogens with two attached hydrogens (primary N) is 1. The number of rotatable bonds is 0. The van der Waals surface area contributed by atoms with Crippen LogP contribution in [0.5, 0.6) is 0 Å². The van der Waals surface area contributed by atoms with E-state index in [1.54, 1.807) is 0 Å². The van der Waals surface area contributed by atoms with E-state index in [4.69, 9.17) is 5.73 Å². The van der Waals surface area contributed by atoms with Crippen LogP contribution in [-0.2, 0) is 0 Å². The molecule has 1 aliphatic carbocycles. The number of hydrogen-bond donors (Lipinski definition) is 1. The molecule has 1 rings (SSSR count). The fraction of sp³-hybridized carbons (Fsp3) is 0.556. The van der Waals surface area contributed by atoms with Crippen molar-refractivity contribution in [2.24, 2.45) is 11.7 Å². The van der Waals surface area contributed by atoms with E-state index in [0.29, 0.717) is 5.92 Å². The fourth-order valence-corrected chi connectivity index (χ4v) is 1.50. The van der Waals surface area contributed by atoms with Crippen molar-refractivity contribution in [3.8, 4) is 0 Å². The molecule has 0 aliphatic heterocycles. The molecule has 0 saturated carbocycles. The van der Waals surface area contributed by atoms with Gasteiger partial charge in [-0.1, -0.05) is 13.0 Å². The van der Waals surface area contributed by atoms with Gasteiger partial charge in [-0.2, -0.15) is 0 Å². The van der Waals surface area contributed by atoms with E-state index >= 15 is 0 Å². The molecule has 0 aromatic carbocycles. The molecular weight excluding hydrogens is 122 g/mol. The van der Waals surface area contributed by atoms with Crippen LogP contribution in [0.2, 0.25) is 0 Å². The molecule has 0 radical (unpaired) electrons. The number of hydrogen-bond acceptors (Lipinski definition) is 1. The molecule has 0 amide bonds. The highest BCUT2D eigenvalue weighted by atomic mass is 14.6. The third-order valence-corrected chi connectivity index (χ3v) is 2.05. The topological polar surface area (TPSA) is 26.0 Å². The van der Waals surface area contributed by atoms with E-state index in [0.717, 1.165) is 12.1 Å². The predicted octanol–water partition coefficient (Wildman–Crippen LogP) is 2.21. The normalized spacial score (nSPS) is 26.7. The first-order chi connectivity index (χ1) is 4.61. The van der Waals surface area contributed by atoms with Crippen molar-refractivity contribution in [1.29, 1.82) is 0 Å². The van der Waals surface area contributed by atoms with Crippen molar-refractivity contribution in [2.45, 2.75) is 27.2 Å². The lowest BCUT2D eigenvalue weighted by molar-refractivity contribution is 0.689. The molecule has 56 valence electrons. The summed E-state index contributed by atoms with van der Waals surface area (Å²) >= 11 is 0. The molecule has 1 aliphatic rings. The second-order valence-electron chi connectivity index (χ2n) is 3.23.